The Morgan fingerprint density at radius 1 is 0.862 bits per heavy atom. The Labute approximate surface area is 183 Å². The molecule has 1 amide bonds. The first-order chi connectivity index (χ1) is 12.0. The highest BCUT2D eigenvalue weighted by atomic mass is 16.1. The molecule has 0 bridgehead atoms. The highest BCUT2D eigenvalue weighted by molar-refractivity contribution is 5.79. The quantitative estimate of drug-likeness (QED) is 0.489. The van der Waals surface area contributed by atoms with E-state index in [1.165, 1.54) is 6.92 Å². The van der Waals surface area contributed by atoms with E-state index >= 15 is 0 Å². The molecule has 1 heterocycles. The molecule has 2 N–H and O–H groups in total. The molecule has 7 nitrogen and oxygen atoms in total. The first-order valence-electron chi connectivity index (χ1n) is 8.38. The molecule has 0 aliphatic heterocycles. The van der Waals surface area contributed by atoms with Crippen molar-refractivity contribution in [3.8, 4) is 0 Å². The van der Waals surface area contributed by atoms with Gasteiger partial charge >= 0.3 is 0 Å². The molecule has 0 atom stereocenters. The number of aromatic nitrogens is 1. The molecule has 0 radical (unpaired) electrons. The molecule has 7 heteroatoms. The van der Waals surface area contributed by atoms with Crippen LogP contribution in [0.15, 0.2) is 34.5 Å². The zero-order chi connectivity index (χ0) is 21.5. The van der Waals surface area contributed by atoms with Crippen molar-refractivity contribution in [1.82, 2.24) is 20.1 Å². The molecule has 0 aliphatic carbocycles. The summed E-state index contributed by atoms with van der Waals surface area (Å²) in [6.45, 7) is 7.39. The largest absolute Gasteiger partial charge is 0.367 e. The predicted molar refractivity (Wildman–Crippen MR) is 138 cm³/mol. The molecule has 29 heavy (non-hydrogen) atoms. The Balaban J connectivity index is -0.0000000415. The smallest absolute Gasteiger partial charge is 0.216 e. The van der Waals surface area contributed by atoms with Crippen LogP contribution in [0.1, 0.15) is 50.0 Å². The maximum atomic E-state index is 9.70. The van der Waals surface area contributed by atoms with E-state index in [4.69, 9.17) is 0 Å². The van der Waals surface area contributed by atoms with Gasteiger partial charge in [-0.1, -0.05) is 22.3 Å². The van der Waals surface area contributed by atoms with E-state index in [1.54, 1.807) is 21.1 Å². The standard InChI is InChI=1S/C5H12N2.C5H7N.C4H9N.C3H7NO.C2H7N.3CH4/c1-5(6-2)7(3)4;1-6-4-2-3-5-6;1-4(2)5-3;1-3(5)4-2;1-3-2;;;/h1-4H3;2-5H,1H3;1-3H3;1-2H3,(H,4,5);3H,1-2H3;3*1H4. The van der Waals surface area contributed by atoms with Gasteiger partial charge in [0.1, 0.15) is 0 Å². The Bertz CT molecular complexity index is 448. The maximum absolute atomic E-state index is 9.70. The molecule has 0 fully saturated rings. The third kappa shape index (κ3) is 66.7. The van der Waals surface area contributed by atoms with Crippen molar-refractivity contribution >= 4 is 17.5 Å². The van der Waals surface area contributed by atoms with E-state index in [9.17, 15) is 4.79 Å². The summed E-state index contributed by atoms with van der Waals surface area (Å²) in [5.41, 5.74) is 1.13. The van der Waals surface area contributed by atoms with Gasteiger partial charge in [-0.25, -0.2) is 0 Å². The minimum Gasteiger partial charge on any atom is -0.367 e. The molecule has 178 valence electrons. The second kappa shape index (κ2) is 36.7. The predicted octanol–water partition coefficient (Wildman–Crippen LogP) is 4.21. The molecule has 1 aromatic rings. The molecule has 0 aromatic carbocycles. The highest BCUT2D eigenvalue weighted by Gasteiger charge is 1.85. The van der Waals surface area contributed by atoms with Gasteiger partial charge in [0, 0.05) is 67.3 Å². The maximum Gasteiger partial charge on any atom is 0.216 e. The van der Waals surface area contributed by atoms with E-state index in [0.717, 1.165) is 11.5 Å². The van der Waals surface area contributed by atoms with Crippen molar-refractivity contribution in [2.45, 2.75) is 50.0 Å². The van der Waals surface area contributed by atoms with Crippen LogP contribution in [0.4, 0.5) is 0 Å². The number of aliphatic imine (C=N–C) groups is 2. The second-order valence-electron chi connectivity index (χ2n) is 5.49. The van der Waals surface area contributed by atoms with E-state index < -0.39 is 0 Å². The number of nitrogens with one attached hydrogen (secondary N) is 2. The molecule has 0 saturated carbocycles. The van der Waals surface area contributed by atoms with E-state index in [-0.39, 0.29) is 28.2 Å². The second-order valence-corrected chi connectivity index (χ2v) is 5.49. The van der Waals surface area contributed by atoms with Crippen LogP contribution in [0, 0.1) is 0 Å². The fraction of sp³-hybridized carbons (Fsp3) is 0.682. The lowest BCUT2D eigenvalue weighted by Crippen LogP contribution is -2.17. The molecular weight excluding hydrogens is 364 g/mol. The van der Waals surface area contributed by atoms with Gasteiger partial charge in [-0.3, -0.25) is 14.8 Å². The summed E-state index contributed by atoms with van der Waals surface area (Å²) in [6.07, 6.45) is 4.00. The molecule has 0 aliphatic rings. The monoisotopic (exact) mass is 418 g/mol. The summed E-state index contributed by atoms with van der Waals surface area (Å²) in [7, 11) is 14.9. The van der Waals surface area contributed by atoms with Crippen LogP contribution >= 0.6 is 0 Å². The van der Waals surface area contributed by atoms with Gasteiger partial charge in [0.15, 0.2) is 0 Å². The van der Waals surface area contributed by atoms with Crippen LogP contribution < -0.4 is 10.6 Å². The molecule has 0 saturated heterocycles. The molecule has 1 rings (SSSR count). The van der Waals surface area contributed by atoms with Crippen molar-refractivity contribution in [3.63, 3.8) is 0 Å². The van der Waals surface area contributed by atoms with Crippen LogP contribution in [-0.2, 0) is 11.8 Å². The molecule has 0 spiro atoms. The normalized spacial score (nSPS) is 7.66. The van der Waals surface area contributed by atoms with Gasteiger partial charge in [0.25, 0.3) is 0 Å². The topological polar surface area (TPSA) is 74.0 Å². The number of amidine groups is 1. The first-order valence-corrected chi connectivity index (χ1v) is 8.38. The zero-order valence-corrected chi connectivity index (χ0v) is 19.0. The Hall–Kier alpha value is -2.15. The fourth-order valence-electron chi connectivity index (χ4n) is 0.621. The summed E-state index contributed by atoms with van der Waals surface area (Å²) in [5.74, 6) is 1.06. The Morgan fingerprint density at radius 2 is 1.14 bits per heavy atom. The van der Waals surface area contributed by atoms with Crippen LogP contribution in [0.2, 0.25) is 0 Å². The number of carbonyl (C=O) groups excluding carboxylic acids is 1. The van der Waals surface area contributed by atoms with E-state index in [1.807, 2.05) is 90.0 Å². The zero-order valence-electron chi connectivity index (χ0n) is 19.0. The van der Waals surface area contributed by atoms with Gasteiger partial charge in [0.05, 0.1) is 5.84 Å². The number of hydrogen-bond donors (Lipinski definition) is 2. The molecule has 1 aromatic heterocycles. The lowest BCUT2D eigenvalue weighted by Gasteiger charge is -2.08. The molecule has 0 unspecified atom stereocenters. The minimum absolute atomic E-state index is 0. The summed E-state index contributed by atoms with van der Waals surface area (Å²) >= 11 is 0. The lowest BCUT2D eigenvalue weighted by molar-refractivity contribution is -0.118. The van der Waals surface area contributed by atoms with Crippen LogP contribution in [0.25, 0.3) is 0 Å². The van der Waals surface area contributed by atoms with E-state index in [0.29, 0.717) is 0 Å². The van der Waals surface area contributed by atoms with Gasteiger partial charge < -0.3 is 20.1 Å². The molecular formula is C22H54N6O. The van der Waals surface area contributed by atoms with Crippen molar-refractivity contribution in [2.24, 2.45) is 17.0 Å². The third-order valence-corrected chi connectivity index (χ3v) is 2.52. The highest BCUT2D eigenvalue weighted by Crippen LogP contribution is 1.80. The van der Waals surface area contributed by atoms with Crippen molar-refractivity contribution < 1.29 is 4.79 Å². The van der Waals surface area contributed by atoms with Gasteiger partial charge in [-0.15, -0.1) is 0 Å². The van der Waals surface area contributed by atoms with Crippen molar-refractivity contribution in [1.29, 1.82) is 0 Å². The van der Waals surface area contributed by atoms with E-state index in [2.05, 4.69) is 20.6 Å². The number of amides is 1. The third-order valence-electron chi connectivity index (χ3n) is 2.52. The number of hydrogen-bond acceptors (Lipinski definition) is 4. The van der Waals surface area contributed by atoms with Crippen molar-refractivity contribution in [3.05, 3.63) is 24.5 Å². The fourth-order valence-corrected chi connectivity index (χ4v) is 0.621. The first kappa shape index (κ1) is 45.5. The number of rotatable bonds is 0. The summed E-state index contributed by atoms with van der Waals surface area (Å²) in [6, 6.07) is 4.00. The average molecular weight is 419 g/mol. The van der Waals surface area contributed by atoms with Crippen LogP contribution in [0.3, 0.4) is 0 Å². The summed E-state index contributed by atoms with van der Waals surface area (Å²) < 4.78 is 2.00. The number of carbonyl (C=O) groups is 1. The van der Waals surface area contributed by atoms with Crippen molar-refractivity contribution in [2.75, 3.05) is 49.3 Å². The van der Waals surface area contributed by atoms with Gasteiger partial charge in [0.2, 0.25) is 5.91 Å². The number of nitrogens with zero attached hydrogens (tertiary/aromatic N) is 4. The SMILES string of the molecule is C.C.C.CN=C(C)C.CN=C(C)N(C)C.CNC.CNC(C)=O.Cn1cccc1. The van der Waals surface area contributed by atoms with Gasteiger partial charge in [-0.05, 0) is 47.0 Å². The van der Waals surface area contributed by atoms with Crippen LogP contribution in [-0.4, -0.2) is 76.3 Å². The summed E-state index contributed by atoms with van der Waals surface area (Å²) in [4.78, 5) is 19.4. The average Bonchev–Trinajstić information content (AvgIpc) is 3.07. The Morgan fingerprint density at radius 3 is 1.17 bits per heavy atom. The minimum atomic E-state index is 0. The lowest BCUT2D eigenvalue weighted by atomic mass is 10.5. The van der Waals surface area contributed by atoms with Crippen LogP contribution in [0.5, 0.6) is 0 Å². The van der Waals surface area contributed by atoms with Gasteiger partial charge in [-0.2, -0.15) is 0 Å². The summed E-state index contributed by atoms with van der Waals surface area (Å²) in [5, 5.41) is 5.14. The number of aryl methyl sites for hydroxylation is 1. The Kier molecular flexibility index (Phi) is 57.7.